The first-order valence-electron chi connectivity index (χ1n) is 10.3. The maximum absolute atomic E-state index is 11.7. The van der Waals surface area contributed by atoms with E-state index in [1.165, 1.54) is 0 Å². The lowest BCUT2D eigenvalue weighted by atomic mass is 9.98. The van der Waals surface area contributed by atoms with Gasteiger partial charge in [0.05, 0.1) is 22.7 Å². The van der Waals surface area contributed by atoms with Crippen molar-refractivity contribution in [2.75, 3.05) is 6.61 Å². The van der Waals surface area contributed by atoms with Crippen molar-refractivity contribution >= 4 is 23.2 Å². The van der Waals surface area contributed by atoms with Gasteiger partial charge in [0.2, 0.25) is 0 Å². The number of carbonyl (C=O) groups excluding carboxylic acids is 1. The number of carbonyl (C=O) groups is 1. The Morgan fingerprint density at radius 1 is 1.28 bits per heavy atom. The number of hydrogen-bond acceptors (Lipinski definition) is 5. The molecule has 0 saturated heterocycles. The number of aryl methyl sites for hydroxylation is 1. The number of allylic oxidation sites excluding steroid dienone is 2. The molecule has 0 aliphatic heterocycles. The van der Waals surface area contributed by atoms with Gasteiger partial charge in [-0.25, -0.2) is 4.98 Å². The highest BCUT2D eigenvalue weighted by Crippen LogP contribution is 2.37. The molecule has 2 aromatic rings. The number of nitrogens with zero attached hydrogens (tertiary/aromatic N) is 2. The summed E-state index contributed by atoms with van der Waals surface area (Å²) in [5, 5.41) is 10.4. The minimum Gasteiger partial charge on any atom is -0.492 e. The van der Waals surface area contributed by atoms with Crippen molar-refractivity contribution in [1.29, 1.82) is 5.26 Å². The smallest absolute Gasteiger partial charge is 0.146 e. The van der Waals surface area contributed by atoms with Gasteiger partial charge in [-0.05, 0) is 55.0 Å². The van der Waals surface area contributed by atoms with Crippen molar-refractivity contribution in [3.05, 3.63) is 39.9 Å². The van der Waals surface area contributed by atoms with E-state index in [1.807, 2.05) is 25.1 Å². The number of rotatable bonds is 10. The van der Waals surface area contributed by atoms with Crippen molar-refractivity contribution in [3.8, 4) is 22.4 Å². The summed E-state index contributed by atoms with van der Waals surface area (Å²) >= 11 is 1.60. The predicted molar refractivity (Wildman–Crippen MR) is 120 cm³/mol. The van der Waals surface area contributed by atoms with Gasteiger partial charge in [0, 0.05) is 5.56 Å². The van der Waals surface area contributed by atoms with E-state index in [4.69, 9.17) is 9.72 Å². The zero-order chi connectivity index (χ0) is 21.4. The van der Waals surface area contributed by atoms with Gasteiger partial charge in [0.15, 0.2) is 0 Å². The molecular formula is C24H30N2O2S. The highest BCUT2D eigenvalue weighted by Gasteiger charge is 2.17. The minimum absolute atomic E-state index is 0.393. The number of hydrogen-bond donors (Lipinski definition) is 0. The molecule has 0 spiro atoms. The molecule has 0 bridgehead atoms. The molecule has 4 nitrogen and oxygen atoms in total. The topological polar surface area (TPSA) is 63.0 Å². The van der Waals surface area contributed by atoms with Crippen LogP contribution in [0.25, 0.3) is 16.1 Å². The van der Waals surface area contributed by atoms with Crippen LogP contribution in [0.3, 0.4) is 0 Å². The Kier molecular flexibility index (Phi) is 8.60. The molecule has 154 valence electrons. The number of aldehydes is 1. The summed E-state index contributed by atoms with van der Waals surface area (Å²) in [7, 11) is 0. The van der Waals surface area contributed by atoms with Gasteiger partial charge in [0.1, 0.15) is 23.1 Å². The Bertz CT molecular complexity index is 919. The Labute approximate surface area is 178 Å². The first-order valence-corrected chi connectivity index (χ1v) is 11.1. The summed E-state index contributed by atoms with van der Waals surface area (Å²) < 4.78 is 5.77. The van der Waals surface area contributed by atoms with Gasteiger partial charge < -0.3 is 4.74 Å². The molecule has 1 heterocycles. The molecule has 1 aromatic carbocycles. The van der Waals surface area contributed by atoms with Crippen LogP contribution in [0, 0.1) is 24.2 Å². The number of thiazole rings is 1. The van der Waals surface area contributed by atoms with Gasteiger partial charge in [0.25, 0.3) is 0 Å². The van der Waals surface area contributed by atoms with E-state index in [1.54, 1.807) is 11.3 Å². The number of aromatic nitrogens is 1. The monoisotopic (exact) mass is 410 g/mol. The molecule has 2 rings (SSSR count). The van der Waals surface area contributed by atoms with E-state index in [2.05, 4.69) is 33.8 Å². The molecule has 0 amide bonds. The van der Waals surface area contributed by atoms with Crippen LogP contribution in [0.15, 0.2) is 23.8 Å². The summed E-state index contributed by atoms with van der Waals surface area (Å²) in [4.78, 5) is 17.5. The second-order valence-corrected chi connectivity index (χ2v) is 8.58. The Morgan fingerprint density at radius 2 is 2.00 bits per heavy atom. The van der Waals surface area contributed by atoms with E-state index in [-0.39, 0.29) is 0 Å². The van der Waals surface area contributed by atoms with Gasteiger partial charge >= 0.3 is 0 Å². The van der Waals surface area contributed by atoms with Crippen LogP contribution in [0.4, 0.5) is 0 Å². The summed E-state index contributed by atoms with van der Waals surface area (Å²) in [5.41, 5.74) is 4.34. The van der Waals surface area contributed by atoms with Crippen LogP contribution in [0.1, 0.15) is 69.5 Å². The number of ether oxygens (including phenoxy) is 1. The summed E-state index contributed by atoms with van der Waals surface area (Å²) in [6, 6.07) is 7.88. The molecule has 0 fully saturated rings. The first kappa shape index (κ1) is 22.8. The fraction of sp³-hybridized carbons (Fsp3) is 0.458. The second-order valence-electron chi connectivity index (χ2n) is 7.58. The van der Waals surface area contributed by atoms with Crippen molar-refractivity contribution in [1.82, 2.24) is 4.98 Å². The van der Waals surface area contributed by atoms with Crippen LogP contribution in [0.2, 0.25) is 0 Å². The molecule has 5 heteroatoms. The van der Waals surface area contributed by atoms with Crippen LogP contribution < -0.4 is 4.74 Å². The standard InChI is InChI=1S/C24H30N2O2S/c1-6-8-19(14-27)21(9-7-2)23-17(5)26-24(29-23)18-10-11-22(20(12-18)13-25)28-15-16(3)4/h10-12,14,16H,6-9,15H2,1-5H3/b21-19-. The summed E-state index contributed by atoms with van der Waals surface area (Å²) in [5.74, 6) is 1.00. The van der Waals surface area contributed by atoms with Crippen molar-refractivity contribution in [2.24, 2.45) is 5.92 Å². The summed E-state index contributed by atoms with van der Waals surface area (Å²) in [6.07, 6.45) is 4.56. The molecule has 0 aliphatic rings. The molecule has 0 saturated carbocycles. The fourth-order valence-corrected chi connectivity index (χ4v) is 4.32. The summed E-state index contributed by atoms with van der Waals surface area (Å²) in [6.45, 7) is 10.9. The second kappa shape index (κ2) is 10.9. The SMILES string of the molecule is CCC/C(C=O)=C(\CCC)c1sc(-c2ccc(OCC(C)C)c(C#N)c2)nc1C. The van der Waals surface area contributed by atoms with Crippen LogP contribution >= 0.6 is 11.3 Å². The maximum Gasteiger partial charge on any atom is 0.146 e. The fourth-order valence-electron chi connectivity index (χ4n) is 3.15. The number of benzene rings is 1. The predicted octanol–water partition coefficient (Wildman–Crippen LogP) is 6.58. The first-order chi connectivity index (χ1) is 13.9. The molecule has 0 aliphatic carbocycles. The zero-order valence-corrected chi connectivity index (χ0v) is 18.9. The lowest BCUT2D eigenvalue weighted by Crippen LogP contribution is -2.05. The molecule has 0 unspecified atom stereocenters. The third-order valence-corrected chi connectivity index (χ3v) is 5.81. The lowest BCUT2D eigenvalue weighted by Gasteiger charge is -2.10. The van der Waals surface area contributed by atoms with Gasteiger partial charge in [-0.2, -0.15) is 5.26 Å². The lowest BCUT2D eigenvalue weighted by molar-refractivity contribution is -0.105. The molecule has 29 heavy (non-hydrogen) atoms. The normalized spacial score (nSPS) is 11.9. The zero-order valence-electron chi connectivity index (χ0n) is 18.0. The van der Waals surface area contributed by atoms with Crippen LogP contribution in [-0.2, 0) is 4.79 Å². The van der Waals surface area contributed by atoms with Crippen molar-refractivity contribution in [3.63, 3.8) is 0 Å². The largest absolute Gasteiger partial charge is 0.492 e. The third-order valence-electron chi connectivity index (χ3n) is 4.54. The Balaban J connectivity index is 2.45. The maximum atomic E-state index is 11.7. The van der Waals surface area contributed by atoms with Crippen LogP contribution in [0.5, 0.6) is 5.75 Å². The molecule has 0 atom stereocenters. The highest BCUT2D eigenvalue weighted by atomic mass is 32.1. The number of nitriles is 1. The minimum atomic E-state index is 0.393. The third kappa shape index (κ3) is 5.77. The average molecular weight is 411 g/mol. The van der Waals surface area contributed by atoms with Crippen molar-refractivity contribution in [2.45, 2.75) is 60.3 Å². The van der Waals surface area contributed by atoms with E-state index in [9.17, 15) is 10.1 Å². The Hall–Kier alpha value is -2.45. The molecule has 1 aromatic heterocycles. The van der Waals surface area contributed by atoms with Crippen LogP contribution in [-0.4, -0.2) is 17.9 Å². The van der Waals surface area contributed by atoms with Gasteiger partial charge in [-0.1, -0.05) is 40.5 Å². The van der Waals surface area contributed by atoms with Crippen molar-refractivity contribution < 1.29 is 9.53 Å². The van der Waals surface area contributed by atoms with E-state index >= 15 is 0 Å². The molecular weight excluding hydrogens is 380 g/mol. The highest BCUT2D eigenvalue weighted by molar-refractivity contribution is 7.16. The quantitative estimate of drug-likeness (QED) is 0.328. The van der Waals surface area contributed by atoms with E-state index < -0.39 is 0 Å². The van der Waals surface area contributed by atoms with Gasteiger partial charge in [-0.3, -0.25) is 4.79 Å². The average Bonchev–Trinajstić information content (AvgIpc) is 3.10. The van der Waals surface area contributed by atoms with E-state index in [0.29, 0.717) is 23.8 Å². The Morgan fingerprint density at radius 3 is 2.59 bits per heavy atom. The van der Waals surface area contributed by atoms with Gasteiger partial charge in [-0.15, -0.1) is 11.3 Å². The van der Waals surface area contributed by atoms with E-state index in [0.717, 1.165) is 64.3 Å². The molecule has 0 N–H and O–H groups in total. The molecule has 0 radical (unpaired) electrons.